The van der Waals surface area contributed by atoms with Crippen LogP contribution in [0.3, 0.4) is 0 Å². The van der Waals surface area contributed by atoms with Gasteiger partial charge in [-0.2, -0.15) is 0 Å². The van der Waals surface area contributed by atoms with Gasteiger partial charge in [-0.25, -0.2) is 4.39 Å². The Kier molecular flexibility index (Phi) is 4.78. The molecule has 0 heterocycles. The van der Waals surface area contributed by atoms with Gasteiger partial charge in [0.1, 0.15) is 5.82 Å². The average molecular weight is 350 g/mol. The Morgan fingerprint density at radius 1 is 1.19 bits per heavy atom. The third-order valence-corrected chi connectivity index (χ3v) is 4.10. The normalized spacial score (nSPS) is 12.0. The maximum absolute atomic E-state index is 13.6. The Morgan fingerprint density at radius 2 is 1.90 bits per heavy atom. The Labute approximate surface area is 132 Å². The van der Waals surface area contributed by atoms with E-state index in [0.717, 1.165) is 15.6 Å². The van der Waals surface area contributed by atoms with Crippen LogP contribution in [-0.4, -0.2) is 5.91 Å². The van der Waals surface area contributed by atoms with Crippen molar-refractivity contribution in [3.63, 3.8) is 0 Å². The molecule has 2 aromatic rings. The van der Waals surface area contributed by atoms with E-state index in [4.69, 9.17) is 0 Å². The first-order valence-corrected chi connectivity index (χ1v) is 7.51. The maximum atomic E-state index is 13.6. The second-order valence-corrected chi connectivity index (χ2v) is 6.04. The Morgan fingerprint density at radius 3 is 2.57 bits per heavy atom. The minimum absolute atomic E-state index is 0.181. The number of rotatable bonds is 3. The van der Waals surface area contributed by atoms with Crippen LogP contribution in [0.4, 0.5) is 4.39 Å². The highest BCUT2D eigenvalue weighted by molar-refractivity contribution is 9.10. The topological polar surface area (TPSA) is 29.1 Å². The van der Waals surface area contributed by atoms with E-state index in [1.54, 1.807) is 13.0 Å². The van der Waals surface area contributed by atoms with E-state index in [9.17, 15) is 9.18 Å². The van der Waals surface area contributed by atoms with Crippen LogP contribution < -0.4 is 5.32 Å². The summed E-state index contributed by atoms with van der Waals surface area (Å²) in [5, 5.41) is 2.89. The van der Waals surface area contributed by atoms with Crippen LogP contribution in [0.5, 0.6) is 0 Å². The van der Waals surface area contributed by atoms with E-state index < -0.39 is 0 Å². The molecule has 1 unspecified atom stereocenters. The molecular formula is C17H17BrFNO. The third kappa shape index (κ3) is 3.70. The molecule has 1 atom stereocenters. The number of carbonyl (C=O) groups is 1. The SMILES string of the molecule is Cc1ccc(Br)c(C(=O)NC(C)c2ccc(C)c(F)c2)c1. The highest BCUT2D eigenvalue weighted by atomic mass is 79.9. The predicted octanol–water partition coefficient (Wildman–Crippen LogP) is 4.70. The van der Waals surface area contributed by atoms with Crippen molar-refractivity contribution in [1.82, 2.24) is 5.32 Å². The Balaban J connectivity index is 2.18. The molecule has 0 bridgehead atoms. The number of carbonyl (C=O) groups excluding carboxylic acids is 1. The lowest BCUT2D eigenvalue weighted by molar-refractivity contribution is 0.0939. The molecule has 2 rings (SSSR count). The molecule has 21 heavy (non-hydrogen) atoms. The summed E-state index contributed by atoms with van der Waals surface area (Å²) in [4.78, 5) is 12.3. The first-order valence-electron chi connectivity index (χ1n) is 6.71. The van der Waals surface area contributed by atoms with Crippen LogP contribution in [-0.2, 0) is 0 Å². The smallest absolute Gasteiger partial charge is 0.252 e. The van der Waals surface area contributed by atoms with Gasteiger partial charge in [0.05, 0.1) is 11.6 Å². The molecule has 2 nitrogen and oxygen atoms in total. The van der Waals surface area contributed by atoms with E-state index in [2.05, 4.69) is 21.2 Å². The fraction of sp³-hybridized carbons (Fsp3) is 0.235. The number of benzene rings is 2. The molecule has 0 spiro atoms. The molecular weight excluding hydrogens is 333 g/mol. The fourth-order valence-corrected chi connectivity index (χ4v) is 2.48. The molecule has 4 heteroatoms. The molecule has 0 radical (unpaired) electrons. The second kappa shape index (κ2) is 6.39. The van der Waals surface area contributed by atoms with E-state index >= 15 is 0 Å². The van der Waals surface area contributed by atoms with Gasteiger partial charge in [-0.3, -0.25) is 4.79 Å². The Bertz CT molecular complexity index is 684. The Hall–Kier alpha value is -1.68. The molecule has 1 amide bonds. The van der Waals surface area contributed by atoms with Gasteiger partial charge in [-0.05, 0) is 66.0 Å². The van der Waals surface area contributed by atoms with Gasteiger partial charge >= 0.3 is 0 Å². The zero-order chi connectivity index (χ0) is 15.6. The fourth-order valence-electron chi connectivity index (χ4n) is 2.05. The first kappa shape index (κ1) is 15.7. The molecule has 1 N–H and O–H groups in total. The van der Waals surface area contributed by atoms with Gasteiger partial charge in [-0.1, -0.05) is 23.8 Å². The number of halogens is 2. The minimum atomic E-state index is -0.264. The van der Waals surface area contributed by atoms with Crippen molar-refractivity contribution >= 4 is 21.8 Å². The van der Waals surface area contributed by atoms with Crippen LogP contribution in [0.25, 0.3) is 0 Å². The van der Waals surface area contributed by atoms with Crippen LogP contribution in [0.1, 0.15) is 40.0 Å². The zero-order valence-electron chi connectivity index (χ0n) is 12.2. The molecule has 2 aromatic carbocycles. The highest BCUT2D eigenvalue weighted by Gasteiger charge is 2.15. The summed E-state index contributed by atoms with van der Waals surface area (Å²) in [5.74, 6) is -0.440. The van der Waals surface area contributed by atoms with Gasteiger partial charge in [0.15, 0.2) is 0 Å². The first-order chi connectivity index (χ1) is 9.88. The summed E-state index contributed by atoms with van der Waals surface area (Å²) in [6.45, 7) is 5.49. The van der Waals surface area contributed by atoms with Gasteiger partial charge in [0, 0.05) is 4.47 Å². The van der Waals surface area contributed by atoms with Crippen molar-refractivity contribution in [3.05, 3.63) is 68.9 Å². The quantitative estimate of drug-likeness (QED) is 0.855. The maximum Gasteiger partial charge on any atom is 0.252 e. The van der Waals surface area contributed by atoms with E-state index in [1.807, 2.05) is 38.1 Å². The molecule has 0 saturated heterocycles. The summed E-state index contributed by atoms with van der Waals surface area (Å²) in [6, 6.07) is 10.3. The molecule has 0 aromatic heterocycles. The van der Waals surface area contributed by atoms with Gasteiger partial charge in [-0.15, -0.1) is 0 Å². The predicted molar refractivity (Wildman–Crippen MR) is 85.9 cm³/mol. The summed E-state index contributed by atoms with van der Waals surface area (Å²) in [7, 11) is 0. The van der Waals surface area contributed by atoms with Gasteiger partial charge in [0.2, 0.25) is 0 Å². The van der Waals surface area contributed by atoms with E-state index in [-0.39, 0.29) is 17.8 Å². The number of hydrogen-bond donors (Lipinski definition) is 1. The van der Waals surface area contributed by atoms with Crippen molar-refractivity contribution in [3.8, 4) is 0 Å². The minimum Gasteiger partial charge on any atom is -0.345 e. The molecule has 0 saturated carbocycles. The zero-order valence-corrected chi connectivity index (χ0v) is 13.8. The van der Waals surface area contributed by atoms with Crippen LogP contribution in [0.15, 0.2) is 40.9 Å². The van der Waals surface area contributed by atoms with Crippen LogP contribution in [0, 0.1) is 19.7 Å². The molecule has 0 fully saturated rings. The average Bonchev–Trinajstić information content (AvgIpc) is 2.44. The van der Waals surface area contributed by atoms with E-state index in [0.29, 0.717) is 11.1 Å². The lowest BCUT2D eigenvalue weighted by Gasteiger charge is -2.16. The number of nitrogens with one attached hydrogen (secondary N) is 1. The summed E-state index contributed by atoms with van der Waals surface area (Å²) >= 11 is 3.38. The van der Waals surface area contributed by atoms with Crippen molar-refractivity contribution in [1.29, 1.82) is 0 Å². The molecule has 110 valence electrons. The van der Waals surface area contributed by atoms with Crippen molar-refractivity contribution in [2.24, 2.45) is 0 Å². The summed E-state index contributed by atoms with van der Waals surface area (Å²) in [5.41, 5.74) is 2.93. The van der Waals surface area contributed by atoms with Crippen molar-refractivity contribution < 1.29 is 9.18 Å². The molecule has 0 aliphatic carbocycles. The standard InChI is InChI=1S/C17H17BrFNO/c1-10-4-7-15(18)14(8-10)17(21)20-12(3)13-6-5-11(2)16(19)9-13/h4-9,12H,1-3H3,(H,20,21). The monoisotopic (exact) mass is 349 g/mol. The second-order valence-electron chi connectivity index (χ2n) is 5.19. The lowest BCUT2D eigenvalue weighted by atomic mass is 10.1. The van der Waals surface area contributed by atoms with E-state index in [1.165, 1.54) is 6.07 Å². The molecule has 0 aliphatic rings. The van der Waals surface area contributed by atoms with Crippen molar-refractivity contribution in [2.45, 2.75) is 26.8 Å². The van der Waals surface area contributed by atoms with Gasteiger partial charge < -0.3 is 5.32 Å². The largest absolute Gasteiger partial charge is 0.345 e. The highest BCUT2D eigenvalue weighted by Crippen LogP contribution is 2.21. The summed E-state index contributed by atoms with van der Waals surface area (Å²) in [6.07, 6.45) is 0. The number of aryl methyl sites for hydroxylation is 2. The lowest BCUT2D eigenvalue weighted by Crippen LogP contribution is -2.27. The van der Waals surface area contributed by atoms with Gasteiger partial charge in [0.25, 0.3) is 5.91 Å². The van der Waals surface area contributed by atoms with Crippen LogP contribution >= 0.6 is 15.9 Å². The van der Waals surface area contributed by atoms with Crippen molar-refractivity contribution in [2.75, 3.05) is 0 Å². The van der Waals surface area contributed by atoms with Crippen LogP contribution in [0.2, 0.25) is 0 Å². The third-order valence-electron chi connectivity index (χ3n) is 3.41. The summed E-state index contributed by atoms with van der Waals surface area (Å²) < 4.78 is 14.3. The molecule has 0 aliphatic heterocycles. The number of amides is 1. The number of hydrogen-bond acceptors (Lipinski definition) is 1.